The Morgan fingerprint density at radius 3 is 1.17 bits per heavy atom. The summed E-state index contributed by atoms with van der Waals surface area (Å²) in [6, 6.07) is 0. The first-order valence-corrected chi connectivity index (χ1v) is 10.0. The van der Waals surface area contributed by atoms with Crippen LogP contribution < -0.4 is 0 Å². The number of carboxylic acids is 1. The maximum absolute atomic E-state index is 10.3. The molecule has 0 unspecified atom stereocenters. The minimum absolute atomic E-state index is 0. The van der Waals surface area contributed by atoms with E-state index in [2.05, 4.69) is 6.92 Å². The number of carbonyl (C=O) groups is 1. The summed E-state index contributed by atoms with van der Waals surface area (Å²) < 4.78 is 8.22. The quantitative estimate of drug-likeness (QED) is 0.168. The Bertz CT molecular complexity index is 228. The van der Waals surface area contributed by atoms with Crippen molar-refractivity contribution in [2.45, 2.75) is 110 Å². The number of carboxylic acid groups (broad SMARTS) is 1. The molecule has 0 rings (SSSR count). The fourth-order valence-corrected chi connectivity index (χ4v) is 2.65. The predicted molar refractivity (Wildman–Crippen MR) is 87.9 cm³/mol. The van der Waals surface area contributed by atoms with Gasteiger partial charge in [0.2, 0.25) is 0 Å². The molecule has 0 aromatic carbocycles. The van der Waals surface area contributed by atoms with Gasteiger partial charge in [0.25, 0.3) is 0 Å². The van der Waals surface area contributed by atoms with E-state index in [1.54, 1.807) is 0 Å². The fraction of sp³-hybridized carbons (Fsp3) is 0.944. The fourth-order valence-electron chi connectivity index (χ4n) is 2.65. The third-order valence-corrected chi connectivity index (χ3v) is 3.99. The van der Waals surface area contributed by atoms with E-state index in [1.807, 2.05) is 0 Å². The number of hydrogen-bond acceptors (Lipinski definition) is 2. The maximum atomic E-state index is 10.3. The molecule has 138 valence electrons. The molecular formula is C18H36CdO3Pt. The van der Waals surface area contributed by atoms with Gasteiger partial charge in [-0.3, -0.25) is 4.79 Å². The van der Waals surface area contributed by atoms with Crippen LogP contribution in [-0.2, 0) is 55.3 Å². The van der Waals surface area contributed by atoms with Crippen LogP contribution in [0.25, 0.3) is 0 Å². The molecule has 0 aliphatic carbocycles. The van der Waals surface area contributed by atoms with Crippen LogP contribution in [0.2, 0.25) is 0 Å². The van der Waals surface area contributed by atoms with Crippen molar-refractivity contribution in [3.63, 3.8) is 0 Å². The summed E-state index contributed by atoms with van der Waals surface area (Å²) in [5, 5.41) is 8.52. The molecule has 0 aliphatic rings. The Kier molecular flexibility index (Phi) is 34.6. The second-order valence-electron chi connectivity index (χ2n) is 6.09. The Morgan fingerprint density at radius 1 is 0.652 bits per heavy atom. The Balaban J connectivity index is -0.00000128. The number of rotatable bonds is 16. The molecular weight excluding hydrogens is 572 g/mol. The average molecular weight is 608 g/mol. The van der Waals surface area contributed by atoms with E-state index >= 15 is 0 Å². The van der Waals surface area contributed by atoms with Gasteiger partial charge >= 0.3 is 29.1 Å². The van der Waals surface area contributed by atoms with Crippen molar-refractivity contribution in [1.82, 2.24) is 0 Å². The second kappa shape index (κ2) is 27.7. The number of hydrogen-bond donors (Lipinski definition) is 1. The van der Waals surface area contributed by atoms with Crippen molar-refractivity contribution in [3.05, 3.63) is 0 Å². The van der Waals surface area contributed by atoms with Crippen molar-refractivity contribution in [1.29, 1.82) is 0 Å². The topological polar surface area (TPSA) is 54.4 Å². The van der Waals surface area contributed by atoms with Crippen LogP contribution >= 0.6 is 0 Å². The molecule has 1 N–H and O–H groups in total. The summed E-state index contributed by atoms with van der Waals surface area (Å²) in [6.07, 6.45) is 20.2. The molecule has 0 atom stereocenters. The SMILES string of the molecule is CCCCCCCCCCCCCCCCCC(=O)O.[Cd].[O]=[Pt]. The van der Waals surface area contributed by atoms with Gasteiger partial charge < -0.3 is 5.11 Å². The van der Waals surface area contributed by atoms with Crippen molar-refractivity contribution in [2.24, 2.45) is 0 Å². The molecule has 0 saturated heterocycles. The van der Waals surface area contributed by atoms with Gasteiger partial charge in [0.05, 0.1) is 0 Å². The van der Waals surface area contributed by atoms with Gasteiger partial charge in [0, 0.05) is 33.7 Å². The van der Waals surface area contributed by atoms with Crippen molar-refractivity contribution in [2.75, 3.05) is 0 Å². The van der Waals surface area contributed by atoms with Crippen molar-refractivity contribution < 1.29 is 60.4 Å². The van der Waals surface area contributed by atoms with Crippen LogP contribution in [-0.4, -0.2) is 11.1 Å². The first-order valence-electron chi connectivity index (χ1n) is 9.12. The molecule has 0 amide bonds. The molecule has 0 aliphatic heterocycles. The van der Waals surface area contributed by atoms with Crippen LogP contribution in [0.1, 0.15) is 110 Å². The Morgan fingerprint density at radius 2 is 0.913 bits per heavy atom. The first kappa shape index (κ1) is 28.7. The molecule has 0 bridgehead atoms. The van der Waals surface area contributed by atoms with E-state index < -0.39 is 5.97 Å². The van der Waals surface area contributed by atoms with Gasteiger partial charge in [0.1, 0.15) is 0 Å². The minimum atomic E-state index is -0.653. The molecule has 0 fully saturated rings. The summed E-state index contributed by atoms with van der Waals surface area (Å²) in [4.78, 5) is 10.3. The van der Waals surface area contributed by atoms with Gasteiger partial charge in [-0.2, -0.15) is 0 Å². The first-order chi connectivity index (χ1) is 10.8. The van der Waals surface area contributed by atoms with Crippen LogP contribution in [0.15, 0.2) is 0 Å². The zero-order valence-corrected chi connectivity index (χ0v) is 21.4. The van der Waals surface area contributed by atoms with Gasteiger partial charge in [-0.25, -0.2) is 0 Å². The zero-order chi connectivity index (χ0) is 16.9. The molecule has 3 nitrogen and oxygen atoms in total. The third kappa shape index (κ3) is 31.2. The van der Waals surface area contributed by atoms with Crippen LogP contribution in [0.5, 0.6) is 0 Å². The summed E-state index contributed by atoms with van der Waals surface area (Å²) in [5.74, 6) is -0.653. The predicted octanol–water partition coefficient (Wildman–Crippen LogP) is 6.21. The monoisotopic (exact) mass is 609 g/mol. The Labute approximate surface area is 175 Å². The van der Waals surface area contributed by atoms with Crippen molar-refractivity contribution >= 4 is 5.97 Å². The average Bonchev–Trinajstić information content (AvgIpc) is 2.53. The van der Waals surface area contributed by atoms with E-state index in [9.17, 15) is 4.79 Å². The number of aliphatic carboxylic acids is 1. The number of unbranched alkanes of at least 4 members (excludes halogenated alkanes) is 14. The standard InChI is InChI=1S/C18H36O2.Cd.O.Pt/c1-2-3-4-5-6-7-8-9-10-11-12-13-14-15-16-17-18(19)20;;;/h2-17H2,1H3,(H,19,20);;;. The molecule has 0 heterocycles. The van der Waals surface area contributed by atoms with Gasteiger partial charge in [-0.05, 0) is 6.42 Å². The van der Waals surface area contributed by atoms with Crippen molar-refractivity contribution in [3.8, 4) is 0 Å². The normalized spacial score (nSPS) is 9.70. The molecule has 0 saturated carbocycles. The van der Waals surface area contributed by atoms with Gasteiger partial charge in [-0.15, -0.1) is 0 Å². The summed E-state index contributed by atoms with van der Waals surface area (Å²) in [5.41, 5.74) is 0. The summed E-state index contributed by atoms with van der Waals surface area (Å²) in [7, 11) is 0. The van der Waals surface area contributed by atoms with Crippen LogP contribution in [0.3, 0.4) is 0 Å². The molecule has 0 aromatic rings. The van der Waals surface area contributed by atoms with E-state index in [-0.39, 0.29) is 27.3 Å². The van der Waals surface area contributed by atoms with Gasteiger partial charge in [0.15, 0.2) is 0 Å². The molecule has 0 radical (unpaired) electrons. The summed E-state index contributed by atoms with van der Waals surface area (Å²) in [6.45, 7) is 2.27. The molecule has 23 heavy (non-hydrogen) atoms. The summed E-state index contributed by atoms with van der Waals surface area (Å²) >= 11 is 0.889. The third-order valence-electron chi connectivity index (χ3n) is 3.99. The Hall–Kier alpha value is 0.880. The van der Waals surface area contributed by atoms with E-state index in [1.165, 1.54) is 83.5 Å². The van der Waals surface area contributed by atoms with E-state index in [4.69, 9.17) is 8.50 Å². The van der Waals surface area contributed by atoms with Crippen LogP contribution in [0.4, 0.5) is 0 Å². The van der Waals surface area contributed by atoms with Gasteiger partial charge in [-0.1, -0.05) is 96.8 Å². The van der Waals surface area contributed by atoms with E-state index in [0.29, 0.717) is 6.42 Å². The van der Waals surface area contributed by atoms with E-state index in [0.717, 1.165) is 32.6 Å². The molecule has 5 heteroatoms. The molecule has 0 aromatic heterocycles. The molecule has 0 spiro atoms. The zero-order valence-electron chi connectivity index (χ0n) is 15.1. The van der Waals surface area contributed by atoms with Crippen LogP contribution in [0, 0.1) is 0 Å². The second-order valence-corrected chi connectivity index (χ2v) is 6.09.